The third kappa shape index (κ3) is 5.21. The van der Waals surface area contributed by atoms with Crippen LogP contribution < -0.4 is 5.73 Å². The maximum absolute atomic E-state index is 12.4. The molecule has 3 nitrogen and oxygen atoms in total. The summed E-state index contributed by atoms with van der Waals surface area (Å²) in [7, 11) is 0. The minimum atomic E-state index is -4.36. The van der Waals surface area contributed by atoms with Crippen molar-refractivity contribution in [2.24, 2.45) is 11.7 Å². The van der Waals surface area contributed by atoms with Gasteiger partial charge in [-0.2, -0.15) is 13.2 Å². The number of nitrogens with two attached hydrogens (primary N) is 1. The number of ether oxygens (including phenoxy) is 1. The molecule has 0 heterocycles. The van der Waals surface area contributed by atoms with E-state index in [2.05, 4.69) is 0 Å². The third-order valence-corrected chi connectivity index (χ3v) is 2.60. The average Bonchev–Trinajstić information content (AvgIpc) is 2.35. The zero-order chi connectivity index (χ0) is 15.3. The van der Waals surface area contributed by atoms with Gasteiger partial charge in [0.25, 0.3) is 0 Å². The van der Waals surface area contributed by atoms with E-state index in [0.29, 0.717) is 5.56 Å². The van der Waals surface area contributed by atoms with Crippen LogP contribution in [0.4, 0.5) is 13.2 Å². The fourth-order valence-electron chi connectivity index (χ4n) is 1.52. The predicted octanol–water partition coefficient (Wildman–Crippen LogP) is 2.77. The minimum Gasteiger partial charge on any atom is -0.464 e. The van der Waals surface area contributed by atoms with Gasteiger partial charge in [-0.3, -0.25) is 4.79 Å². The van der Waals surface area contributed by atoms with Gasteiger partial charge in [-0.05, 0) is 30.0 Å². The molecule has 1 aromatic carbocycles. The number of carbonyl (C=O) groups excluding carboxylic acids is 1. The van der Waals surface area contributed by atoms with Crippen molar-refractivity contribution in [2.75, 3.05) is 6.61 Å². The Balaban J connectivity index is 2.58. The Morgan fingerprint density at radius 1 is 1.25 bits per heavy atom. The number of carbonyl (C=O) groups is 1. The SMILES string of the molecule is CC(C)COC(=O)[C@H](N)Cc1ccc(C(F)(F)F)cc1. The van der Waals surface area contributed by atoms with Crippen molar-refractivity contribution in [2.45, 2.75) is 32.5 Å². The van der Waals surface area contributed by atoms with Gasteiger partial charge >= 0.3 is 12.1 Å². The van der Waals surface area contributed by atoms with Crippen molar-refractivity contribution in [3.8, 4) is 0 Å². The lowest BCUT2D eigenvalue weighted by Gasteiger charge is -2.13. The first-order valence-electron chi connectivity index (χ1n) is 6.28. The van der Waals surface area contributed by atoms with E-state index >= 15 is 0 Å². The Morgan fingerprint density at radius 3 is 2.25 bits per heavy atom. The Labute approximate surface area is 115 Å². The molecule has 0 fully saturated rings. The fraction of sp³-hybridized carbons (Fsp3) is 0.500. The smallest absolute Gasteiger partial charge is 0.416 e. The Morgan fingerprint density at radius 2 is 1.80 bits per heavy atom. The molecule has 0 aromatic heterocycles. The van der Waals surface area contributed by atoms with Gasteiger partial charge in [0.15, 0.2) is 0 Å². The van der Waals surface area contributed by atoms with Crippen LogP contribution >= 0.6 is 0 Å². The molecule has 1 atom stereocenters. The van der Waals surface area contributed by atoms with Crippen molar-refractivity contribution >= 4 is 5.97 Å². The van der Waals surface area contributed by atoms with Crippen LogP contribution in [0.1, 0.15) is 25.0 Å². The number of hydrogen-bond donors (Lipinski definition) is 1. The van der Waals surface area contributed by atoms with Crippen LogP contribution in [0.2, 0.25) is 0 Å². The molecule has 6 heteroatoms. The van der Waals surface area contributed by atoms with Gasteiger partial charge < -0.3 is 10.5 Å². The van der Waals surface area contributed by atoms with Crippen molar-refractivity contribution in [3.05, 3.63) is 35.4 Å². The summed E-state index contributed by atoms with van der Waals surface area (Å²) in [5.74, 6) is -0.337. The first-order chi connectivity index (χ1) is 9.20. The fourth-order valence-corrected chi connectivity index (χ4v) is 1.52. The Bertz CT molecular complexity index is 441. The van der Waals surface area contributed by atoms with Crippen molar-refractivity contribution in [1.29, 1.82) is 0 Å². The first-order valence-corrected chi connectivity index (χ1v) is 6.28. The van der Waals surface area contributed by atoms with Crippen LogP contribution in [-0.4, -0.2) is 18.6 Å². The highest BCUT2D eigenvalue weighted by molar-refractivity contribution is 5.75. The van der Waals surface area contributed by atoms with Gasteiger partial charge in [0, 0.05) is 0 Å². The zero-order valence-corrected chi connectivity index (χ0v) is 11.4. The summed E-state index contributed by atoms with van der Waals surface area (Å²) in [6, 6.07) is 3.71. The summed E-state index contributed by atoms with van der Waals surface area (Å²) >= 11 is 0. The number of benzene rings is 1. The van der Waals surface area contributed by atoms with Gasteiger partial charge in [-0.25, -0.2) is 0 Å². The Hall–Kier alpha value is -1.56. The zero-order valence-electron chi connectivity index (χ0n) is 11.4. The first kappa shape index (κ1) is 16.5. The molecule has 0 saturated heterocycles. The number of halogens is 3. The summed E-state index contributed by atoms with van der Waals surface area (Å²) in [6.07, 6.45) is -4.22. The van der Waals surface area contributed by atoms with Crippen LogP contribution in [0.15, 0.2) is 24.3 Å². The van der Waals surface area contributed by atoms with Gasteiger partial charge in [0.2, 0.25) is 0 Å². The lowest BCUT2D eigenvalue weighted by Crippen LogP contribution is -2.35. The molecule has 112 valence electrons. The van der Waals surface area contributed by atoms with Crippen LogP contribution in [0.3, 0.4) is 0 Å². The van der Waals surface area contributed by atoms with Crippen molar-refractivity contribution in [3.63, 3.8) is 0 Å². The highest BCUT2D eigenvalue weighted by atomic mass is 19.4. The second kappa shape index (κ2) is 6.74. The number of rotatable bonds is 5. The monoisotopic (exact) mass is 289 g/mol. The van der Waals surface area contributed by atoms with Crippen LogP contribution in [0.25, 0.3) is 0 Å². The highest BCUT2D eigenvalue weighted by Crippen LogP contribution is 2.29. The van der Waals surface area contributed by atoms with E-state index in [-0.39, 0.29) is 18.9 Å². The molecule has 20 heavy (non-hydrogen) atoms. The second-order valence-corrected chi connectivity index (χ2v) is 5.03. The molecule has 1 rings (SSSR count). The third-order valence-electron chi connectivity index (χ3n) is 2.60. The summed E-state index contributed by atoms with van der Waals surface area (Å²) in [5.41, 5.74) is 5.50. The van der Waals surface area contributed by atoms with Gasteiger partial charge in [-0.1, -0.05) is 26.0 Å². The van der Waals surface area contributed by atoms with E-state index in [1.807, 2.05) is 13.8 Å². The van der Waals surface area contributed by atoms with Gasteiger partial charge in [-0.15, -0.1) is 0 Å². The van der Waals surface area contributed by atoms with Crippen molar-refractivity contribution in [1.82, 2.24) is 0 Å². The van der Waals surface area contributed by atoms with Gasteiger partial charge in [0.05, 0.1) is 12.2 Å². The van der Waals surface area contributed by atoms with E-state index in [1.54, 1.807) is 0 Å². The molecular formula is C14H18F3NO2. The van der Waals surface area contributed by atoms with Crippen LogP contribution in [0.5, 0.6) is 0 Å². The maximum atomic E-state index is 12.4. The molecule has 0 aliphatic carbocycles. The summed E-state index contributed by atoms with van der Waals surface area (Å²) in [4.78, 5) is 11.6. The average molecular weight is 289 g/mol. The molecule has 0 saturated carbocycles. The molecular weight excluding hydrogens is 271 g/mol. The van der Waals surface area contributed by atoms with Crippen LogP contribution in [-0.2, 0) is 22.1 Å². The predicted molar refractivity (Wildman–Crippen MR) is 68.9 cm³/mol. The normalized spacial score (nSPS) is 13.3. The van der Waals surface area contributed by atoms with Gasteiger partial charge in [0.1, 0.15) is 6.04 Å². The molecule has 0 radical (unpaired) electrons. The molecule has 0 bridgehead atoms. The summed E-state index contributed by atoms with van der Waals surface area (Å²) < 4.78 is 42.1. The van der Waals surface area contributed by atoms with Crippen LogP contribution in [0, 0.1) is 5.92 Å². The summed E-state index contributed by atoms with van der Waals surface area (Å²) in [5, 5.41) is 0. The molecule has 0 spiro atoms. The molecule has 1 aromatic rings. The van der Waals surface area contributed by atoms with Crippen molar-refractivity contribution < 1.29 is 22.7 Å². The maximum Gasteiger partial charge on any atom is 0.416 e. The largest absolute Gasteiger partial charge is 0.464 e. The molecule has 0 aliphatic heterocycles. The molecule has 2 N–H and O–H groups in total. The van der Waals surface area contributed by atoms with E-state index in [4.69, 9.17) is 10.5 Å². The van der Waals surface area contributed by atoms with E-state index in [9.17, 15) is 18.0 Å². The standard InChI is InChI=1S/C14H18F3NO2/c1-9(2)8-20-13(19)12(18)7-10-3-5-11(6-4-10)14(15,16)17/h3-6,9,12H,7-8,18H2,1-2H3/t12-/m1/s1. The van der Waals surface area contributed by atoms with E-state index < -0.39 is 23.8 Å². The topological polar surface area (TPSA) is 52.3 Å². The van der Waals surface area contributed by atoms with E-state index in [1.165, 1.54) is 12.1 Å². The van der Waals surface area contributed by atoms with E-state index in [0.717, 1.165) is 12.1 Å². The lowest BCUT2D eigenvalue weighted by molar-refractivity contribution is -0.146. The number of alkyl halides is 3. The minimum absolute atomic E-state index is 0.148. The lowest BCUT2D eigenvalue weighted by atomic mass is 10.0. The molecule has 0 amide bonds. The summed E-state index contributed by atoms with van der Waals surface area (Å²) in [6.45, 7) is 4.07. The molecule has 0 unspecified atom stereocenters. The Kier molecular flexibility index (Phi) is 5.56. The molecule has 0 aliphatic rings. The number of hydrogen-bond acceptors (Lipinski definition) is 3. The quantitative estimate of drug-likeness (QED) is 0.848. The highest BCUT2D eigenvalue weighted by Gasteiger charge is 2.30. The number of esters is 1. The second-order valence-electron chi connectivity index (χ2n) is 5.03.